The number of benzene rings is 3. The average molecular weight is 354 g/mol. The molecule has 4 aromatic rings. The van der Waals surface area contributed by atoms with Crippen LogP contribution in [0.15, 0.2) is 78.9 Å². The van der Waals surface area contributed by atoms with Gasteiger partial charge < -0.3 is 10.1 Å². The van der Waals surface area contributed by atoms with E-state index < -0.39 is 0 Å². The minimum Gasteiger partial charge on any atom is -0.489 e. The van der Waals surface area contributed by atoms with E-state index >= 15 is 0 Å². The van der Waals surface area contributed by atoms with E-state index in [1.807, 2.05) is 54.6 Å². The predicted molar refractivity (Wildman–Crippen MR) is 106 cm³/mol. The van der Waals surface area contributed by atoms with Crippen LogP contribution in [-0.2, 0) is 6.61 Å². The molecule has 1 heterocycles. The standard InChI is InChI=1S/C22H18N4O/c23-14-21-22(25-26-24-21)19-8-6-17(7-9-19)18-10-12-20(13-11-18)27-15-16-4-2-1-3-5-16/h1-14,23H,15H2,(H,24,25,26). The molecule has 0 fully saturated rings. The van der Waals surface area contributed by atoms with Crippen molar-refractivity contribution < 1.29 is 4.74 Å². The molecule has 0 aliphatic heterocycles. The van der Waals surface area contributed by atoms with E-state index in [4.69, 9.17) is 10.1 Å². The van der Waals surface area contributed by atoms with Crippen LogP contribution in [0.3, 0.4) is 0 Å². The third kappa shape index (κ3) is 3.77. The topological polar surface area (TPSA) is 74.7 Å². The second-order valence-corrected chi connectivity index (χ2v) is 6.08. The van der Waals surface area contributed by atoms with Crippen molar-refractivity contribution in [2.45, 2.75) is 6.61 Å². The van der Waals surface area contributed by atoms with Crippen molar-refractivity contribution in [2.75, 3.05) is 0 Å². The van der Waals surface area contributed by atoms with Gasteiger partial charge in [-0.25, -0.2) is 0 Å². The first-order valence-corrected chi connectivity index (χ1v) is 8.62. The van der Waals surface area contributed by atoms with E-state index in [0.29, 0.717) is 18.0 Å². The summed E-state index contributed by atoms with van der Waals surface area (Å²) in [7, 11) is 0. The smallest absolute Gasteiger partial charge is 0.131 e. The molecule has 0 saturated heterocycles. The lowest BCUT2D eigenvalue weighted by molar-refractivity contribution is 0.306. The van der Waals surface area contributed by atoms with Gasteiger partial charge in [0, 0.05) is 11.8 Å². The number of nitrogens with zero attached hydrogens (tertiary/aromatic N) is 2. The Balaban J connectivity index is 1.46. The maximum Gasteiger partial charge on any atom is 0.131 e. The highest BCUT2D eigenvalue weighted by atomic mass is 16.5. The second kappa shape index (κ2) is 7.66. The third-order valence-electron chi connectivity index (χ3n) is 4.31. The summed E-state index contributed by atoms with van der Waals surface area (Å²) in [4.78, 5) is 0. The van der Waals surface area contributed by atoms with Gasteiger partial charge in [-0.05, 0) is 28.8 Å². The fourth-order valence-electron chi connectivity index (χ4n) is 2.86. The summed E-state index contributed by atoms with van der Waals surface area (Å²) in [6.45, 7) is 0.557. The molecular formula is C22H18N4O. The molecular weight excluding hydrogens is 336 g/mol. The number of hydrogen-bond donors (Lipinski definition) is 2. The zero-order valence-corrected chi connectivity index (χ0v) is 14.6. The van der Waals surface area contributed by atoms with Crippen molar-refractivity contribution in [3.8, 4) is 28.1 Å². The van der Waals surface area contributed by atoms with Crippen molar-refractivity contribution in [1.29, 1.82) is 5.41 Å². The van der Waals surface area contributed by atoms with Gasteiger partial charge in [0.05, 0.1) is 0 Å². The van der Waals surface area contributed by atoms with Crippen LogP contribution < -0.4 is 4.74 Å². The minimum absolute atomic E-state index is 0.530. The van der Waals surface area contributed by atoms with Crippen molar-refractivity contribution in [3.63, 3.8) is 0 Å². The summed E-state index contributed by atoms with van der Waals surface area (Å²) >= 11 is 0. The van der Waals surface area contributed by atoms with Crippen LogP contribution >= 0.6 is 0 Å². The first-order valence-electron chi connectivity index (χ1n) is 8.62. The highest BCUT2D eigenvalue weighted by Crippen LogP contribution is 2.26. The summed E-state index contributed by atoms with van der Waals surface area (Å²) in [5.74, 6) is 0.845. The highest BCUT2D eigenvalue weighted by molar-refractivity contribution is 5.84. The van der Waals surface area contributed by atoms with E-state index in [9.17, 15) is 0 Å². The highest BCUT2D eigenvalue weighted by Gasteiger charge is 2.08. The Bertz CT molecular complexity index is 1020. The van der Waals surface area contributed by atoms with E-state index in [1.54, 1.807) is 0 Å². The Morgan fingerprint density at radius 3 is 2.07 bits per heavy atom. The summed E-state index contributed by atoms with van der Waals surface area (Å²) in [6.07, 6.45) is 1.20. The van der Waals surface area contributed by atoms with Crippen LogP contribution in [0.5, 0.6) is 5.75 Å². The summed E-state index contributed by atoms with van der Waals surface area (Å²) in [5, 5.41) is 18.0. The Labute approximate surface area is 157 Å². The van der Waals surface area contributed by atoms with Crippen molar-refractivity contribution >= 4 is 6.21 Å². The molecule has 132 valence electrons. The summed E-state index contributed by atoms with van der Waals surface area (Å²) in [6, 6.07) is 26.2. The van der Waals surface area contributed by atoms with Crippen LogP contribution in [0, 0.1) is 5.41 Å². The number of aromatic amines is 1. The van der Waals surface area contributed by atoms with E-state index in [2.05, 4.69) is 39.7 Å². The van der Waals surface area contributed by atoms with Crippen LogP contribution in [0.4, 0.5) is 0 Å². The Hall–Kier alpha value is -3.73. The van der Waals surface area contributed by atoms with Gasteiger partial charge >= 0.3 is 0 Å². The van der Waals surface area contributed by atoms with Gasteiger partial charge in [0.2, 0.25) is 0 Å². The minimum atomic E-state index is 0.530. The van der Waals surface area contributed by atoms with Gasteiger partial charge in [-0.1, -0.05) is 66.7 Å². The van der Waals surface area contributed by atoms with E-state index in [0.717, 1.165) is 28.0 Å². The molecule has 0 atom stereocenters. The SMILES string of the molecule is N=Cc1n[nH]nc1-c1ccc(-c2ccc(OCc3ccccc3)cc2)cc1. The van der Waals surface area contributed by atoms with Crippen LogP contribution in [-0.4, -0.2) is 21.6 Å². The molecule has 0 radical (unpaired) electrons. The lowest BCUT2D eigenvalue weighted by Crippen LogP contribution is -1.94. The molecule has 0 unspecified atom stereocenters. The van der Waals surface area contributed by atoms with Crippen molar-refractivity contribution in [3.05, 3.63) is 90.1 Å². The summed E-state index contributed by atoms with van der Waals surface area (Å²) in [5.41, 5.74) is 5.50. The molecule has 0 aliphatic carbocycles. The average Bonchev–Trinajstić information content (AvgIpc) is 3.22. The maximum atomic E-state index is 7.38. The Morgan fingerprint density at radius 1 is 0.778 bits per heavy atom. The maximum absolute atomic E-state index is 7.38. The van der Waals surface area contributed by atoms with Crippen LogP contribution in [0.25, 0.3) is 22.4 Å². The number of hydrogen-bond acceptors (Lipinski definition) is 4. The molecule has 2 N–H and O–H groups in total. The normalized spacial score (nSPS) is 10.5. The first kappa shape index (κ1) is 16.7. The molecule has 1 aromatic heterocycles. The molecule has 0 spiro atoms. The van der Waals surface area contributed by atoms with Gasteiger partial charge in [0.15, 0.2) is 0 Å². The van der Waals surface area contributed by atoms with Gasteiger partial charge in [0.1, 0.15) is 23.7 Å². The molecule has 4 rings (SSSR count). The molecule has 5 nitrogen and oxygen atoms in total. The lowest BCUT2D eigenvalue weighted by atomic mass is 10.0. The number of nitrogens with one attached hydrogen (secondary N) is 2. The molecule has 3 aromatic carbocycles. The monoisotopic (exact) mass is 354 g/mol. The largest absolute Gasteiger partial charge is 0.489 e. The molecule has 27 heavy (non-hydrogen) atoms. The molecule has 0 amide bonds. The molecule has 0 bridgehead atoms. The van der Waals surface area contributed by atoms with E-state index in [-0.39, 0.29) is 0 Å². The quantitative estimate of drug-likeness (QED) is 0.492. The Morgan fingerprint density at radius 2 is 1.41 bits per heavy atom. The zero-order chi connectivity index (χ0) is 18.5. The van der Waals surface area contributed by atoms with Gasteiger partial charge in [-0.3, -0.25) is 0 Å². The Kier molecular flexibility index (Phi) is 4.74. The third-order valence-corrected chi connectivity index (χ3v) is 4.31. The second-order valence-electron chi connectivity index (χ2n) is 6.08. The van der Waals surface area contributed by atoms with E-state index in [1.165, 1.54) is 6.21 Å². The number of ether oxygens (including phenoxy) is 1. The molecule has 0 aliphatic rings. The van der Waals surface area contributed by atoms with Crippen molar-refractivity contribution in [1.82, 2.24) is 15.4 Å². The van der Waals surface area contributed by atoms with Gasteiger partial charge in [-0.2, -0.15) is 15.4 Å². The number of aromatic nitrogens is 3. The molecule has 5 heteroatoms. The zero-order valence-electron chi connectivity index (χ0n) is 14.6. The van der Waals surface area contributed by atoms with Crippen molar-refractivity contribution in [2.24, 2.45) is 0 Å². The van der Waals surface area contributed by atoms with Crippen LogP contribution in [0.2, 0.25) is 0 Å². The number of H-pyrrole nitrogens is 1. The summed E-state index contributed by atoms with van der Waals surface area (Å²) < 4.78 is 5.84. The first-order chi connectivity index (χ1) is 13.3. The van der Waals surface area contributed by atoms with Crippen LogP contribution in [0.1, 0.15) is 11.3 Å². The fraction of sp³-hybridized carbons (Fsp3) is 0.0455. The van der Waals surface area contributed by atoms with Gasteiger partial charge in [0.25, 0.3) is 0 Å². The fourth-order valence-corrected chi connectivity index (χ4v) is 2.86. The predicted octanol–water partition coefficient (Wildman–Crippen LogP) is 4.72. The lowest BCUT2D eigenvalue weighted by Gasteiger charge is -2.08. The molecule has 0 saturated carbocycles. The number of rotatable bonds is 6. The van der Waals surface area contributed by atoms with Gasteiger partial charge in [-0.15, -0.1) is 0 Å².